The van der Waals surface area contributed by atoms with Crippen LogP contribution in [0, 0.1) is 5.92 Å². The molecule has 3 aromatic rings. The van der Waals surface area contributed by atoms with Crippen LogP contribution in [0.5, 0.6) is 0 Å². The monoisotopic (exact) mass is 486 g/mol. The Morgan fingerprint density at radius 2 is 1.75 bits per heavy atom. The van der Waals surface area contributed by atoms with Gasteiger partial charge < -0.3 is 0 Å². The maximum atomic E-state index is 13.8. The normalized spacial score (nSPS) is 20.7. The highest BCUT2D eigenvalue weighted by Gasteiger charge is 2.49. The van der Waals surface area contributed by atoms with Crippen molar-refractivity contribution in [2.75, 3.05) is 0 Å². The Kier molecular flexibility index (Phi) is 6.90. The third-order valence-electron chi connectivity index (χ3n) is 7.73. The second-order valence-electron chi connectivity index (χ2n) is 10.2. The van der Waals surface area contributed by atoms with Crippen molar-refractivity contribution in [1.82, 2.24) is 15.0 Å². The molecule has 0 saturated heterocycles. The third kappa shape index (κ3) is 4.66. The van der Waals surface area contributed by atoms with Gasteiger partial charge in [-0.3, -0.25) is 24.2 Å². The van der Waals surface area contributed by atoms with Crippen molar-refractivity contribution < 1.29 is 9.32 Å². The Hall–Kier alpha value is -3.48. The van der Waals surface area contributed by atoms with Crippen LogP contribution in [0.4, 0.5) is 0 Å². The van der Waals surface area contributed by atoms with E-state index in [1.807, 2.05) is 29.2 Å². The van der Waals surface area contributed by atoms with Gasteiger partial charge in [0.15, 0.2) is 5.82 Å². The molecule has 2 aliphatic rings. The number of H-pyrrole nitrogens is 1. The first-order chi connectivity index (χ1) is 17.5. The highest BCUT2D eigenvalue weighted by molar-refractivity contribution is 6.08. The molecule has 7 heteroatoms. The van der Waals surface area contributed by atoms with Crippen LogP contribution in [0.2, 0.25) is 0 Å². The van der Waals surface area contributed by atoms with Crippen molar-refractivity contribution >= 4 is 11.7 Å². The van der Waals surface area contributed by atoms with Gasteiger partial charge in [-0.15, -0.1) is 0 Å². The number of aromatic nitrogens is 2. The summed E-state index contributed by atoms with van der Waals surface area (Å²) in [6.45, 7) is 4.76. The number of aliphatic imine (C=N–C) groups is 1. The van der Waals surface area contributed by atoms with Crippen LogP contribution < -0.4 is 5.76 Å². The van der Waals surface area contributed by atoms with E-state index in [1.54, 1.807) is 0 Å². The molecule has 7 nitrogen and oxygen atoms in total. The Morgan fingerprint density at radius 1 is 1.03 bits per heavy atom. The lowest BCUT2D eigenvalue weighted by Crippen LogP contribution is -2.45. The summed E-state index contributed by atoms with van der Waals surface area (Å²) in [6, 6.07) is 16.0. The van der Waals surface area contributed by atoms with E-state index in [-0.39, 0.29) is 5.91 Å². The van der Waals surface area contributed by atoms with E-state index in [0.717, 1.165) is 60.2 Å². The minimum atomic E-state index is -0.628. The lowest BCUT2D eigenvalue weighted by molar-refractivity contribution is -0.133. The number of carbonyl (C=O) groups excluding carboxylic acids is 1. The highest BCUT2D eigenvalue weighted by Crippen LogP contribution is 2.40. The predicted molar refractivity (Wildman–Crippen MR) is 140 cm³/mol. The molecule has 1 fully saturated rings. The zero-order valence-corrected chi connectivity index (χ0v) is 21.1. The van der Waals surface area contributed by atoms with Gasteiger partial charge in [-0.25, -0.2) is 4.79 Å². The number of rotatable bonds is 8. The summed E-state index contributed by atoms with van der Waals surface area (Å²) in [5, 5.41) is 3.85. The Labute approximate surface area is 211 Å². The quantitative estimate of drug-likeness (QED) is 0.425. The van der Waals surface area contributed by atoms with Gasteiger partial charge in [0.25, 0.3) is 5.91 Å². The molecule has 0 radical (unpaired) electrons. The maximum Gasteiger partial charge on any atom is 0.439 e. The molecular formula is C29H34N4O3. The first-order valence-electron chi connectivity index (χ1n) is 13.1. The van der Waals surface area contributed by atoms with Gasteiger partial charge in [-0.1, -0.05) is 86.3 Å². The number of nitrogens with zero attached hydrogens (tertiary/aromatic N) is 3. The number of amides is 1. The van der Waals surface area contributed by atoms with E-state index >= 15 is 0 Å². The summed E-state index contributed by atoms with van der Waals surface area (Å²) in [5.74, 6) is 1.26. The van der Waals surface area contributed by atoms with Crippen LogP contribution in [0.15, 0.2) is 62.8 Å². The minimum absolute atomic E-state index is 0.157. The molecule has 5 rings (SSSR count). The number of unbranched alkanes of at least 4 members (excludes halogenated alkanes) is 1. The number of carbonyl (C=O) groups is 1. The molecule has 0 bridgehead atoms. The molecule has 1 aromatic heterocycles. The van der Waals surface area contributed by atoms with Crippen LogP contribution in [0.3, 0.4) is 0 Å². The maximum absolute atomic E-state index is 13.8. The van der Waals surface area contributed by atoms with Gasteiger partial charge in [0.05, 0.1) is 6.54 Å². The van der Waals surface area contributed by atoms with Crippen molar-refractivity contribution in [2.45, 2.75) is 77.3 Å². The second-order valence-corrected chi connectivity index (χ2v) is 10.2. The fourth-order valence-electron chi connectivity index (χ4n) is 5.65. The van der Waals surface area contributed by atoms with Crippen molar-refractivity contribution in [3.05, 3.63) is 64.6 Å². The molecule has 188 valence electrons. The largest absolute Gasteiger partial charge is 0.439 e. The zero-order valence-electron chi connectivity index (χ0n) is 21.1. The summed E-state index contributed by atoms with van der Waals surface area (Å²) in [5.41, 5.74) is 3.18. The van der Waals surface area contributed by atoms with Gasteiger partial charge in [-0.2, -0.15) is 0 Å². The Bertz CT molecular complexity index is 1300. The molecule has 1 aliphatic heterocycles. The number of nitrogens with one attached hydrogen (secondary N) is 1. The lowest BCUT2D eigenvalue weighted by atomic mass is 9.75. The number of aromatic amines is 1. The topological polar surface area (TPSA) is 91.6 Å². The number of hydrogen-bond acceptors (Lipinski definition) is 5. The third-order valence-corrected chi connectivity index (χ3v) is 7.73. The van der Waals surface area contributed by atoms with Crippen LogP contribution in [-0.2, 0) is 11.3 Å². The molecule has 36 heavy (non-hydrogen) atoms. The lowest BCUT2D eigenvalue weighted by Gasteiger charge is -2.33. The highest BCUT2D eigenvalue weighted by atomic mass is 16.5. The van der Waals surface area contributed by atoms with E-state index < -0.39 is 11.3 Å². The Balaban J connectivity index is 1.38. The number of amidine groups is 1. The van der Waals surface area contributed by atoms with Crippen molar-refractivity contribution in [3.8, 4) is 22.5 Å². The standard InChI is InChI=1S/C29H34N4O3/c1-3-4-14-25-31-29(2,22-10-6-5-7-11-22)27(34)33(25)19-20-15-17-21(18-16-20)23-12-8-9-13-24(23)26-30-28(35)36-32-26/h8-9,12-13,15-18,22H,3-7,10-11,14,19H2,1-2H3,(H,30,32,35)/t29-/m1/s1. The van der Waals surface area contributed by atoms with Gasteiger partial charge in [-0.05, 0) is 48.8 Å². The molecule has 1 amide bonds. The first-order valence-corrected chi connectivity index (χ1v) is 13.1. The summed E-state index contributed by atoms with van der Waals surface area (Å²) in [4.78, 5) is 34.9. The fraction of sp³-hybridized carbons (Fsp3) is 0.448. The average molecular weight is 487 g/mol. The van der Waals surface area contributed by atoms with Crippen molar-refractivity contribution in [2.24, 2.45) is 10.9 Å². The molecule has 1 saturated carbocycles. The van der Waals surface area contributed by atoms with Gasteiger partial charge >= 0.3 is 5.76 Å². The SMILES string of the molecule is CCCCC1=N[C@](C)(C2CCCCC2)C(=O)N1Cc1ccc(-c2ccccc2-c2noc(=O)[nH]2)cc1. The summed E-state index contributed by atoms with van der Waals surface area (Å²) in [6.07, 6.45) is 8.77. The number of benzene rings is 2. The second kappa shape index (κ2) is 10.2. The molecule has 0 spiro atoms. The molecule has 1 atom stereocenters. The zero-order chi connectivity index (χ0) is 25.1. The van der Waals surface area contributed by atoms with E-state index in [0.29, 0.717) is 18.3 Å². The predicted octanol–water partition coefficient (Wildman–Crippen LogP) is 5.97. The smallest absolute Gasteiger partial charge is 0.296 e. The first kappa shape index (κ1) is 24.2. The van der Waals surface area contributed by atoms with E-state index in [9.17, 15) is 9.59 Å². The van der Waals surface area contributed by atoms with Crippen LogP contribution in [-0.4, -0.2) is 32.3 Å². The van der Waals surface area contributed by atoms with E-state index in [1.165, 1.54) is 19.3 Å². The summed E-state index contributed by atoms with van der Waals surface area (Å²) < 4.78 is 4.70. The van der Waals surface area contributed by atoms with Crippen molar-refractivity contribution in [3.63, 3.8) is 0 Å². The summed E-state index contributed by atoms with van der Waals surface area (Å²) >= 11 is 0. The molecule has 0 unspecified atom stereocenters. The molecule has 2 aromatic carbocycles. The van der Waals surface area contributed by atoms with Gasteiger partial charge in [0.2, 0.25) is 0 Å². The van der Waals surface area contributed by atoms with Crippen LogP contribution in [0.25, 0.3) is 22.5 Å². The number of hydrogen-bond donors (Lipinski definition) is 1. The van der Waals surface area contributed by atoms with Gasteiger partial charge in [0.1, 0.15) is 11.4 Å². The summed E-state index contributed by atoms with van der Waals surface area (Å²) in [7, 11) is 0. The molecule has 2 heterocycles. The Morgan fingerprint density at radius 3 is 2.42 bits per heavy atom. The average Bonchev–Trinajstić information content (AvgIpc) is 3.45. The molecular weight excluding hydrogens is 452 g/mol. The van der Waals surface area contributed by atoms with E-state index in [2.05, 4.69) is 48.3 Å². The van der Waals surface area contributed by atoms with E-state index in [4.69, 9.17) is 9.52 Å². The molecule has 1 aliphatic carbocycles. The fourth-order valence-corrected chi connectivity index (χ4v) is 5.65. The van der Waals surface area contributed by atoms with Crippen LogP contribution in [0.1, 0.15) is 70.8 Å². The van der Waals surface area contributed by atoms with Gasteiger partial charge in [0, 0.05) is 12.0 Å². The molecule has 1 N–H and O–H groups in total. The minimum Gasteiger partial charge on any atom is -0.296 e. The van der Waals surface area contributed by atoms with Crippen LogP contribution >= 0.6 is 0 Å². The van der Waals surface area contributed by atoms with Crippen molar-refractivity contribution in [1.29, 1.82) is 0 Å².